The van der Waals surface area contributed by atoms with E-state index in [9.17, 15) is 5.11 Å². The first-order chi connectivity index (χ1) is 7.07. The van der Waals surface area contributed by atoms with E-state index < -0.39 is 0 Å². The molecule has 1 fully saturated rings. The molecular formula is C13H19NO. The topological polar surface area (TPSA) is 32.3 Å². The van der Waals surface area contributed by atoms with Gasteiger partial charge in [0.25, 0.3) is 0 Å². The summed E-state index contributed by atoms with van der Waals surface area (Å²) in [6, 6.07) is 10.6. The third kappa shape index (κ3) is 2.58. The molecule has 82 valence electrons. The number of aliphatic hydroxyl groups excluding tert-OH is 1. The molecule has 0 bridgehead atoms. The van der Waals surface area contributed by atoms with Crippen LogP contribution in [0.1, 0.15) is 38.3 Å². The van der Waals surface area contributed by atoms with Crippen LogP contribution in [0.2, 0.25) is 0 Å². The van der Waals surface area contributed by atoms with Gasteiger partial charge in [0.1, 0.15) is 0 Å². The molecule has 0 saturated carbocycles. The van der Waals surface area contributed by atoms with Gasteiger partial charge in [0, 0.05) is 11.6 Å². The molecule has 1 aliphatic heterocycles. The molecule has 2 heteroatoms. The van der Waals surface area contributed by atoms with Crippen molar-refractivity contribution in [1.29, 1.82) is 0 Å². The summed E-state index contributed by atoms with van der Waals surface area (Å²) in [6.45, 7) is 4.29. The molecule has 0 radical (unpaired) electrons. The second kappa shape index (κ2) is 3.95. The van der Waals surface area contributed by atoms with Crippen LogP contribution in [0.15, 0.2) is 30.3 Å². The van der Waals surface area contributed by atoms with Crippen LogP contribution in [0, 0.1) is 0 Å². The summed E-state index contributed by atoms with van der Waals surface area (Å²) in [4.78, 5) is 0. The summed E-state index contributed by atoms with van der Waals surface area (Å²) in [5.74, 6) is 0. The molecule has 2 N–H and O–H groups in total. The Hall–Kier alpha value is -0.860. The van der Waals surface area contributed by atoms with E-state index in [1.165, 1.54) is 5.56 Å². The molecule has 0 aromatic heterocycles. The van der Waals surface area contributed by atoms with Crippen molar-refractivity contribution in [3.63, 3.8) is 0 Å². The number of rotatable bonds is 1. The molecule has 2 nitrogen and oxygen atoms in total. The van der Waals surface area contributed by atoms with Crippen LogP contribution in [0.25, 0.3) is 0 Å². The molecule has 1 aromatic carbocycles. The maximum atomic E-state index is 9.84. The molecule has 2 atom stereocenters. The van der Waals surface area contributed by atoms with Gasteiger partial charge in [0.2, 0.25) is 0 Å². The van der Waals surface area contributed by atoms with Gasteiger partial charge in [-0.15, -0.1) is 0 Å². The van der Waals surface area contributed by atoms with E-state index in [4.69, 9.17) is 0 Å². The Morgan fingerprint density at radius 3 is 2.53 bits per heavy atom. The highest BCUT2D eigenvalue weighted by Crippen LogP contribution is 2.30. The van der Waals surface area contributed by atoms with Crippen molar-refractivity contribution in [1.82, 2.24) is 5.32 Å². The van der Waals surface area contributed by atoms with Crippen molar-refractivity contribution in [2.75, 3.05) is 0 Å². The number of benzene rings is 1. The maximum absolute atomic E-state index is 9.84. The fourth-order valence-electron chi connectivity index (χ4n) is 2.44. The zero-order valence-corrected chi connectivity index (χ0v) is 9.40. The molecule has 0 unspecified atom stereocenters. The maximum Gasteiger partial charge on any atom is 0.0575 e. The summed E-state index contributed by atoms with van der Waals surface area (Å²) in [5, 5.41) is 13.4. The third-order valence-corrected chi connectivity index (χ3v) is 3.02. The first kappa shape index (κ1) is 10.7. The second-order valence-corrected chi connectivity index (χ2v) is 5.09. The molecule has 1 heterocycles. The number of hydrogen-bond acceptors (Lipinski definition) is 2. The summed E-state index contributed by atoms with van der Waals surface area (Å²) in [7, 11) is 0. The molecule has 0 aliphatic carbocycles. The van der Waals surface area contributed by atoms with Crippen LogP contribution in [0.5, 0.6) is 0 Å². The number of aliphatic hydroxyl groups is 1. The van der Waals surface area contributed by atoms with Gasteiger partial charge < -0.3 is 10.4 Å². The molecule has 1 saturated heterocycles. The Labute approximate surface area is 91.3 Å². The van der Waals surface area contributed by atoms with E-state index in [1.54, 1.807) is 0 Å². The molecule has 0 amide bonds. The lowest BCUT2D eigenvalue weighted by Crippen LogP contribution is -2.49. The van der Waals surface area contributed by atoms with Crippen LogP contribution in [-0.2, 0) is 0 Å². The Morgan fingerprint density at radius 1 is 1.27 bits per heavy atom. The monoisotopic (exact) mass is 205 g/mol. The minimum absolute atomic E-state index is 0.0260. The van der Waals surface area contributed by atoms with Crippen molar-refractivity contribution in [3.8, 4) is 0 Å². The Morgan fingerprint density at radius 2 is 1.93 bits per heavy atom. The highest BCUT2D eigenvalue weighted by Gasteiger charge is 2.32. The smallest absolute Gasteiger partial charge is 0.0575 e. The van der Waals surface area contributed by atoms with Gasteiger partial charge in [-0.25, -0.2) is 0 Å². The zero-order chi connectivity index (χ0) is 10.9. The van der Waals surface area contributed by atoms with Crippen LogP contribution in [0.4, 0.5) is 0 Å². The lowest BCUT2D eigenvalue weighted by atomic mass is 9.85. The van der Waals surface area contributed by atoms with Crippen molar-refractivity contribution in [2.24, 2.45) is 0 Å². The van der Waals surface area contributed by atoms with E-state index in [-0.39, 0.29) is 17.7 Å². The lowest BCUT2D eigenvalue weighted by Gasteiger charge is -2.40. The predicted octanol–water partition coefficient (Wildman–Crippen LogP) is 2.25. The Balaban J connectivity index is 2.17. The van der Waals surface area contributed by atoms with Gasteiger partial charge in [-0.1, -0.05) is 30.3 Å². The van der Waals surface area contributed by atoms with Crippen LogP contribution in [0.3, 0.4) is 0 Å². The highest BCUT2D eigenvalue weighted by molar-refractivity contribution is 5.20. The molecular weight excluding hydrogens is 186 g/mol. The van der Waals surface area contributed by atoms with Gasteiger partial charge in [-0.3, -0.25) is 0 Å². The third-order valence-electron chi connectivity index (χ3n) is 3.02. The Bertz CT molecular complexity index is 321. The average Bonchev–Trinajstić information content (AvgIpc) is 2.16. The lowest BCUT2D eigenvalue weighted by molar-refractivity contribution is 0.0666. The first-order valence-corrected chi connectivity index (χ1v) is 5.57. The van der Waals surface area contributed by atoms with E-state index in [2.05, 4.69) is 31.3 Å². The fraction of sp³-hybridized carbons (Fsp3) is 0.538. The average molecular weight is 205 g/mol. The standard InChI is InChI=1S/C13H19NO/c1-13(2)9-11(15)8-12(14-13)10-6-4-3-5-7-10/h3-7,11-12,14-15H,8-9H2,1-2H3/t11-,12-/m0/s1. The van der Waals surface area contributed by atoms with Gasteiger partial charge in [-0.05, 0) is 32.3 Å². The minimum atomic E-state index is -0.188. The van der Waals surface area contributed by atoms with Crippen molar-refractivity contribution < 1.29 is 5.11 Å². The van der Waals surface area contributed by atoms with E-state index in [0.29, 0.717) is 0 Å². The summed E-state index contributed by atoms with van der Waals surface area (Å²) in [6.07, 6.45) is 1.45. The number of nitrogens with one attached hydrogen (secondary N) is 1. The largest absolute Gasteiger partial charge is 0.393 e. The summed E-state index contributed by atoms with van der Waals surface area (Å²) in [5.41, 5.74) is 1.29. The van der Waals surface area contributed by atoms with Gasteiger partial charge in [-0.2, -0.15) is 0 Å². The van der Waals surface area contributed by atoms with Crippen molar-refractivity contribution >= 4 is 0 Å². The normalized spacial score (nSPS) is 30.1. The van der Waals surface area contributed by atoms with Crippen LogP contribution < -0.4 is 5.32 Å². The molecule has 15 heavy (non-hydrogen) atoms. The SMILES string of the molecule is CC1(C)C[C@@H](O)C[C@@H](c2ccccc2)N1. The van der Waals surface area contributed by atoms with Crippen LogP contribution >= 0.6 is 0 Å². The summed E-state index contributed by atoms with van der Waals surface area (Å²) >= 11 is 0. The molecule has 1 aromatic rings. The fourth-order valence-corrected chi connectivity index (χ4v) is 2.44. The molecule has 2 rings (SSSR count). The Kier molecular flexibility index (Phi) is 2.81. The number of piperidine rings is 1. The van der Waals surface area contributed by atoms with Gasteiger partial charge in [0.15, 0.2) is 0 Å². The minimum Gasteiger partial charge on any atom is -0.393 e. The molecule has 0 spiro atoms. The number of hydrogen-bond donors (Lipinski definition) is 2. The van der Waals surface area contributed by atoms with E-state index in [0.717, 1.165) is 12.8 Å². The quantitative estimate of drug-likeness (QED) is 0.737. The molecule has 1 aliphatic rings. The van der Waals surface area contributed by atoms with Crippen LogP contribution in [-0.4, -0.2) is 16.7 Å². The zero-order valence-electron chi connectivity index (χ0n) is 9.40. The highest BCUT2D eigenvalue weighted by atomic mass is 16.3. The first-order valence-electron chi connectivity index (χ1n) is 5.57. The predicted molar refractivity (Wildman–Crippen MR) is 61.6 cm³/mol. The van der Waals surface area contributed by atoms with Crippen molar-refractivity contribution in [3.05, 3.63) is 35.9 Å². The van der Waals surface area contributed by atoms with Gasteiger partial charge in [0.05, 0.1) is 6.10 Å². The van der Waals surface area contributed by atoms with Crippen molar-refractivity contribution in [2.45, 2.75) is 44.4 Å². The van der Waals surface area contributed by atoms with Gasteiger partial charge >= 0.3 is 0 Å². The van der Waals surface area contributed by atoms with E-state index in [1.807, 2.05) is 18.2 Å². The summed E-state index contributed by atoms with van der Waals surface area (Å²) < 4.78 is 0. The van der Waals surface area contributed by atoms with E-state index >= 15 is 0 Å². The second-order valence-electron chi connectivity index (χ2n) is 5.09.